The number of imidazole rings is 1. The molecule has 0 saturated heterocycles. The highest BCUT2D eigenvalue weighted by atomic mass is 32.2. The van der Waals surface area contributed by atoms with Crippen molar-refractivity contribution < 1.29 is 31.6 Å². The molecule has 0 unspecified atom stereocenters. The molecule has 3 aromatic carbocycles. The summed E-state index contributed by atoms with van der Waals surface area (Å²) in [4.78, 5) is 23.9. The van der Waals surface area contributed by atoms with Crippen LogP contribution in [0.5, 0.6) is 5.88 Å². The van der Waals surface area contributed by atoms with Gasteiger partial charge in [0, 0.05) is 17.8 Å². The first-order valence-corrected chi connectivity index (χ1v) is 13.6. The minimum atomic E-state index is -4.89. The number of hydrogen-bond donors (Lipinski definition) is 1. The van der Waals surface area contributed by atoms with Crippen molar-refractivity contribution in [2.24, 2.45) is 0 Å². The largest absolute Gasteiger partial charge is 0.479 e. The molecule has 0 amide bonds. The summed E-state index contributed by atoms with van der Waals surface area (Å²) >= 11 is 0. The van der Waals surface area contributed by atoms with Crippen molar-refractivity contribution in [3.05, 3.63) is 96.2 Å². The van der Waals surface area contributed by atoms with E-state index in [4.69, 9.17) is 15.3 Å². The Bertz CT molecular complexity index is 1870. The fraction of sp³-hybridized carbons (Fsp3) is 0.107. The van der Waals surface area contributed by atoms with Gasteiger partial charge in [0.1, 0.15) is 16.5 Å². The maximum absolute atomic E-state index is 14.5. The smallest absolute Gasteiger partial charge is 0.322 e. The Balaban J connectivity index is 1.64. The van der Waals surface area contributed by atoms with Crippen LogP contribution in [0.15, 0.2) is 83.9 Å². The quantitative estimate of drug-likeness (QED) is 0.194. The van der Waals surface area contributed by atoms with Crippen LogP contribution in [0.1, 0.15) is 18.5 Å². The first-order valence-electron chi connectivity index (χ1n) is 12.1. The highest BCUT2D eigenvalue weighted by Gasteiger charge is 2.33. The molecule has 0 fully saturated rings. The topological polar surface area (TPSA) is 130 Å². The molecule has 2 heterocycles. The third-order valence-electron chi connectivity index (χ3n) is 6.47. The van der Waals surface area contributed by atoms with Gasteiger partial charge in [-0.15, -0.1) is 0 Å². The van der Waals surface area contributed by atoms with E-state index in [9.17, 15) is 22.0 Å². The molecule has 0 spiro atoms. The first-order chi connectivity index (χ1) is 19.6. The summed E-state index contributed by atoms with van der Waals surface area (Å²) in [6.45, 7) is 1.84. The number of nitrogens with two attached hydrogens (primary N) is 1. The number of pyridine rings is 1. The van der Waals surface area contributed by atoms with Crippen LogP contribution in [0, 0.1) is 11.6 Å². The van der Waals surface area contributed by atoms with Crippen LogP contribution < -0.4 is 14.9 Å². The molecule has 0 aliphatic carbocycles. The summed E-state index contributed by atoms with van der Waals surface area (Å²) in [6.07, 6.45) is 1.43. The van der Waals surface area contributed by atoms with E-state index in [0.717, 1.165) is 17.7 Å². The monoisotopic (exact) mass is 579 g/mol. The zero-order chi connectivity index (χ0) is 29.3. The van der Waals surface area contributed by atoms with Crippen LogP contribution in [0.3, 0.4) is 0 Å². The average molecular weight is 580 g/mol. The predicted molar refractivity (Wildman–Crippen MR) is 147 cm³/mol. The number of hydrogen-bond acceptors (Lipinski definition) is 8. The number of nitrogens with zero attached hydrogens (tertiary/aromatic N) is 4. The third kappa shape index (κ3) is 5.02. The molecule has 10 nitrogen and oxygen atoms in total. The van der Waals surface area contributed by atoms with Gasteiger partial charge in [-0.2, -0.15) is 8.42 Å². The van der Waals surface area contributed by atoms with Gasteiger partial charge in [-0.05, 0) is 48.4 Å². The molecule has 2 aromatic heterocycles. The molecular weight excluding hydrogens is 556 g/mol. The summed E-state index contributed by atoms with van der Waals surface area (Å²) in [5, 5.41) is 0. The lowest BCUT2D eigenvalue weighted by molar-refractivity contribution is -0.128. The second-order valence-corrected chi connectivity index (χ2v) is 10.6. The molecule has 0 aliphatic heterocycles. The standard InChI is InChI=1S/C28H23F2N5O5S/c1-17(18-6-4-3-5-7-18)34-24-12-19(8-10-23(24)33-28(34)31)20-13-25(27(39-2)32-15-20)35(40-16-36)41(37,38)26-11-9-21(29)14-22(26)30/h3-17H,1-2H3,(H2,31,33)/t17-/m0/s1. The van der Waals surface area contributed by atoms with E-state index in [1.807, 2.05) is 47.9 Å². The van der Waals surface area contributed by atoms with E-state index in [0.29, 0.717) is 34.2 Å². The van der Waals surface area contributed by atoms with Crippen LogP contribution in [-0.2, 0) is 19.7 Å². The summed E-state index contributed by atoms with van der Waals surface area (Å²) in [7, 11) is -3.66. The number of halogens is 2. The van der Waals surface area contributed by atoms with E-state index < -0.39 is 26.6 Å². The molecule has 0 saturated carbocycles. The average Bonchev–Trinajstić information content (AvgIpc) is 3.30. The lowest BCUT2D eigenvalue weighted by Gasteiger charge is -2.22. The molecule has 0 aliphatic rings. The van der Waals surface area contributed by atoms with Crippen molar-refractivity contribution >= 4 is 39.2 Å². The van der Waals surface area contributed by atoms with Crippen LogP contribution in [0.4, 0.5) is 20.4 Å². The molecule has 1 atom stereocenters. The second kappa shape index (κ2) is 10.8. The Morgan fingerprint density at radius 3 is 2.46 bits per heavy atom. The number of methoxy groups -OCH3 is 1. The van der Waals surface area contributed by atoms with Gasteiger partial charge < -0.3 is 19.9 Å². The fourth-order valence-electron chi connectivity index (χ4n) is 4.52. The minimum absolute atomic E-state index is 0.149. The second-order valence-electron chi connectivity index (χ2n) is 8.89. The van der Waals surface area contributed by atoms with Gasteiger partial charge in [0.15, 0.2) is 5.69 Å². The number of anilines is 2. The lowest BCUT2D eigenvalue weighted by atomic mass is 10.1. The maximum atomic E-state index is 14.5. The number of fused-ring (bicyclic) bond motifs is 1. The Hall–Kier alpha value is -5.04. The van der Waals surface area contributed by atoms with Gasteiger partial charge in [0.25, 0.3) is 10.0 Å². The van der Waals surface area contributed by atoms with E-state index in [-0.39, 0.29) is 28.5 Å². The van der Waals surface area contributed by atoms with Crippen LogP contribution >= 0.6 is 0 Å². The first kappa shape index (κ1) is 27.5. The Morgan fingerprint density at radius 2 is 1.78 bits per heavy atom. The minimum Gasteiger partial charge on any atom is -0.479 e. The zero-order valence-electron chi connectivity index (χ0n) is 21.7. The number of ether oxygens (including phenoxy) is 1. The summed E-state index contributed by atoms with van der Waals surface area (Å²) in [5.74, 6) is -2.30. The maximum Gasteiger partial charge on any atom is 0.322 e. The van der Waals surface area contributed by atoms with E-state index >= 15 is 0 Å². The molecule has 5 rings (SSSR count). The van der Waals surface area contributed by atoms with Crippen molar-refractivity contribution in [2.75, 3.05) is 17.3 Å². The zero-order valence-corrected chi connectivity index (χ0v) is 22.5. The molecule has 5 aromatic rings. The fourth-order valence-corrected chi connectivity index (χ4v) is 5.78. The normalized spacial score (nSPS) is 12.2. The highest BCUT2D eigenvalue weighted by molar-refractivity contribution is 7.92. The van der Waals surface area contributed by atoms with Gasteiger partial charge >= 0.3 is 6.47 Å². The van der Waals surface area contributed by atoms with Crippen molar-refractivity contribution in [3.63, 3.8) is 0 Å². The van der Waals surface area contributed by atoms with Gasteiger partial charge in [-0.3, -0.25) is 4.79 Å². The van der Waals surface area contributed by atoms with E-state index in [1.54, 1.807) is 12.1 Å². The van der Waals surface area contributed by atoms with Gasteiger partial charge in [-0.1, -0.05) is 40.9 Å². The van der Waals surface area contributed by atoms with Gasteiger partial charge in [-0.25, -0.2) is 18.7 Å². The predicted octanol–water partition coefficient (Wildman–Crippen LogP) is 4.86. The SMILES string of the molecule is COc1ncc(-c2ccc3nc(N)n([C@@H](C)c4ccccc4)c3c2)cc1N(OC=O)S(=O)(=O)c1ccc(F)cc1F. The highest BCUT2D eigenvalue weighted by Crippen LogP contribution is 2.37. The lowest BCUT2D eigenvalue weighted by Crippen LogP contribution is -2.32. The number of nitrogen functional groups attached to an aromatic ring is 1. The summed E-state index contributed by atoms with van der Waals surface area (Å²) in [6, 6.07) is 18.1. The van der Waals surface area contributed by atoms with Crippen molar-refractivity contribution in [1.29, 1.82) is 0 Å². The Morgan fingerprint density at radius 1 is 1.02 bits per heavy atom. The number of aromatic nitrogens is 3. The number of benzene rings is 3. The van der Waals surface area contributed by atoms with Gasteiger partial charge in [0.2, 0.25) is 11.8 Å². The number of carbonyl (C=O) groups is 1. The van der Waals surface area contributed by atoms with E-state index in [1.165, 1.54) is 19.4 Å². The molecule has 2 N–H and O–H groups in total. The Kier molecular flexibility index (Phi) is 7.28. The molecular formula is C28H23F2N5O5S. The molecule has 0 bridgehead atoms. The van der Waals surface area contributed by atoms with Crippen LogP contribution in [0.25, 0.3) is 22.2 Å². The third-order valence-corrected chi connectivity index (χ3v) is 8.08. The number of rotatable bonds is 9. The molecule has 0 radical (unpaired) electrons. The Labute approximate surface area is 233 Å². The van der Waals surface area contributed by atoms with Gasteiger partial charge in [0.05, 0.1) is 24.2 Å². The summed E-state index contributed by atoms with van der Waals surface area (Å²) < 4.78 is 62.0. The van der Waals surface area contributed by atoms with Crippen LogP contribution in [0.2, 0.25) is 0 Å². The summed E-state index contributed by atoms with van der Waals surface area (Å²) in [5.41, 5.74) is 9.30. The number of sulfonamides is 1. The van der Waals surface area contributed by atoms with Crippen molar-refractivity contribution in [3.8, 4) is 17.0 Å². The van der Waals surface area contributed by atoms with Crippen molar-refractivity contribution in [1.82, 2.24) is 14.5 Å². The molecule has 210 valence electrons. The molecule has 13 heteroatoms. The van der Waals surface area contributed by atoms with E-state index in [2.05, 4.69) is 9.97 Å². The van der Waals surface area contributed by atoms with Crippen molar-refractivity contribution in [2.45, 2.75) is 17.9 Å². The molecule has 41 heavy (non-hydrogen) atoms. The number of carbonyl (C=O) groups excluding carboxylic acids is 1. The van der Waals surface area contributed by atoms with Crippen LogP contribution in [-0.4, -0.2) is 36.5 Å².